The van der Waals surface area contributed by atoms with Gasteiger partial charge in [-0.25, -0.2) is 0 Å². The molecule has 5 unspecified atom stereocenters. The molecule has 2 aliphatic carbocycles. The number of hydrogen-bond acceptors (Lipinski definition) is 2. The average molecular weight is 379 g/mol. The molecule has 2 aliphatic heterocycles. The quantitative estimate of drug-likeness (QED) is 0.704. The third kappa shape index (κ3) is 2.47. The molecule has 4 aliphatic rings. The highest BCUT2D eigenvalue weighted by molar-refractivity contribution is 5.78. The first-order valence-electron chi connectivity index (χ1n) is 11.4. The number of fused-ring (bicyclic) bond motifs is 5. The molecule has 1 amide bonds. The van der Waals surface area contributed by atoms with Gasteiger partial charge < -0.3 is 4.90 Å². The summed E-state index contributed by atoms with van der Waals surface area (Å²) in [7, 11) is 0. The summed E-state index contributed by atoms with van der Waals surface area (Å²) < 4.78 is 0. The van der Waals surface area contributed by atoms with Crippen molar-refractivity contribution in [2.24, 2.45) is 23.2 Å². The van der Waals surface area contributed by atoms with Crippen molar-refractivity contribution in [1.82, 2.24) is 9.88 Å². The Hall–Kier alpha value is -1.64. The lowest BCUT2D eigenvalue weighted by Crippen LogP contribution is -2.53. The van der Waals surface area contributed by atoms with Crippen LogP contribution in [0.15, 0.2) is 24.5 Å². The van der Waals surface area contributed by atoms with E-state index < -0.39 is 0 Å². The van der Waals surface area contributed by atoms with Crippen molar-refractivity contribution in [3.63, 3.8) is 0 Å². The van der Waals surface area contributed by atoms with Crippen LogP contribution in [0.3, 0.4) is 0 Å². The number of carbonyl (C=O) groups excluding carboxylic acids is 1. The van der Waals surface area contributed by atoms with E-state index >= 15 is 0 Å². The van der Waals surface area contributed by atoms with Crippen LogP contribution in [0.1, 0.15) is 76.8 Å². The highest BCUT2D eigenvalue weighted by Gasteiger charge is 2.58. The smallest absolute Gasteiger partial charge is 0.223 e. The molecule has 3 nitrogen and oxygen atoms in total. The fourth-order valence-corrected chi connectivity index (χ4v) is 7.51. The second-order valence-corrected chi connectivity index (χ2v) is 10.2. The summed E-state index contributed by atoms with van der Waals surface area (Å²) in [6, 6.07) is 2.36. The van der Waals surface area contributed by atoms with Crippen LogP contribution in [0, 0.1) is 23.2 Å². The van der Waals surface area contributed by atoms with E-state index in [-0.39, 0.29) is 11.0 Å². The Morgan fingerprint density at radius 1 is 1.18 bits per heavy atom. The average Bonchev–Trinajstić information content (AvgIpc) is 3.23. The maximum Gasteiger partial charge on any atom is 0.223 e. The number of amides is 1. The van der Waals surface area contributed by atoms with Gasteiger partial charge in [-0.15, -0.1) is 0 Å². The van der Waals surface area contributed by atoms with E-state index in [0.29, 0.717) is 23.7 Å². The van der Waals surface area contributed by atoms with Crippen LogP contribution >= 0.6 is 0 Å². The molecule has 0 bridgehead atoms. The van der Waals surface area contributed by atoms with Crippen molar-refractivity contribution in [3.05, 3.63) is 35.7 Å². The largest absolute Gasteiger partial charge is 0.337 e. The molecule has 1 aromatic rings. The Balaban J connectivity index is 1.49. The Bertz CT molecular complexity index is 830. The molecule has 5 atom stereocenters. The number of aromatic nitrogens is 1. The zero-order valence-corrected chi connectivity index (χ0v) is 17.7. The van der Waals surface area contributed by atoms with Gasteiger partial charge in [-0.2, -0.15) is 0 Å². The lowest BCUT2D eigenvalue weighted by atomic mass is 9.54. The molecule has 0 N–H and O–H groups in total. The molecular weight excluding hydrogens is 344 g/mol. The number of pyridine rings is 1. The summed E-state index contributed by atoms with van der Waals surface area (Å²) in [5.41, 5.74) is 4.53. The predicted octanol–water partition coefficient (Wildman–Crippen LogP) is 5.25. The van der Waals surface area contributed by atoms with Crippen molar-refractivity contribution in [3.8, 4) is 0 Å². The highest BCUT2D eigenvalue weighted by Crippen LogP contribution is 2.63. The number of rotatable bonds is 2. The van der Waals surface area contributed by atoms with Crippen LogP contribution in [0.4, 0.5) is 0 Å². The van der Waals surface area contributed by atoms with Gasteiger partial charge in [0.15, 0.2) is 0 Å². The molecule has 0 aromatic carbocycles. The summed E-state index contributed by atoms with van der Waals surface area (Å²) in [6.45, 7) is 8.10. The molecule has 0 spiro atoms. The monoisotopic (exact) mass is 378 g/mol. The zero-order valence-electron chi connectivity index (χ0n) is 17.7. The zero-order chi connectivity index (χ0) is 19.5. The first-order chi connectivity index (χ1) is 13.5. The first-order valence-corrected chi connectivity index (χ1v) is 11.4. The summed E-state index contributed by atoms with van der Waals surface area (Å²) in [5, 5.41) is 0. The summed E-state index contributed by atoms with van der Waals surface area (Å²) in [4.78, 5) is 19.7. The minimum Gasteiger partial charge on any atom is -0.337 e. The molecular formula is C25H34N2O. The fraction of sp³-hybridized carbons (Fsp3) is 0.680. The van der Waals surface area contributed by atoms with E-state index in [1.165, 1.54) is 48.8 Å². The van der Waals surface area contributed by atoms with Gasteiger partial charge in [-0.3, -0.25) is 9.78 Å². The van der Waals surface area contributed by atoms with Crippen LogP contribution in [-0.4, -0.2) is 27.9 Å². The number of allylic oxidation sites excluding steroid dienone is 2. The second kappa shape index (κ2) is 6.43. The number of carbonyl (C=O) groups is 1. The molecule has 150 valence electrons. The number of hydrogen-bond donors (Lipinski definition) is 0. The summed E-state index contributed by atoms with van der Waals surface area (Å²) >= 11 is 0. The van der Waals surface area contributed by atoms with Crippen LogP contribution in [-0.2, 0) is 11.2 Å². The van der Waals surface area contributed by atoms with E-state index in [1.807, 2.05) is 6.20 Å². The van der Waals surface area contributed by atoms with E-state index in [9.17, 15) is 4.79 Å². The normalized spacial score (nSPS) is 39.8. The molecule has 0 radical (unpaired) electrons. The van der Waals surface area contributed by atoms with Gasteiger partial charge in [-0.05, 0) is 97.8 Å². The van der Waals surface area contributed by atoms with Crippen LogP contribution in [0.5, 0.6) is 0 Å². The lowest BCUT2D eigenvalue weighted by Gasteiger charge is -2.53. The first kappa shape index (κ1) is 18.4. The molecule has 2 saturated heterocycles. The Morgan fingerprint density at radius 3 is 2.86 bits per heavy atom. The molecule has 3 heteroatoms. The molecule has 3 heterocycles. The topological polar surface area (TPSA) is 33.2 Å². The van der Waals surface area contributed by atoms with Crippen LogP contribution in [0.2, 0.25) is 0 Å². The molecule has 28 heavy (non-hydrogen) atoms. The van der Waals surface area contributed by atoms with Crippen LogP contribution in [0.25, 0.3) is 5.57 Å². The summed E-state index contributed by atoms with van der Waals surface area (Å²) in [5.74, 6) is 2.44. The molecule has 5 rings (SSSR count). The van der Waals surface area contributed by atoms with Gasteiger partial charge in [0.05, 0.1) is 0 Å². The predicted molar refractivity (Wildman–Crippen MR) is 113 cm³/mol. The van der Waals surface area contributed by atoms with Crippen molar-refractivity contribution >= 4 is 11.5 Å². The van der Waals surface area contributed by atoms with E-state index in [4.69, 9.17) is 0 Å². The minimum absolute atomic E-state index is 0.103. The summed E-state index contributed by atoms with van der Waals surface area (Å²) in [6.07, 6.45) is 15.5. The Labute approximate surface area is 169 Å². The van der Waals surface area contributed by atoms with Gasteiger partial charge in [0.1, 0.15) is 0 Å². The fourth-order valence-electron chi connectivity index (χ4n) is 7.51. The third-order valence-corrected chi connectivity index (χ3v) is 9.00. The SMILES string of the molecule is CCc1cncc(C2=CCC3C4CCC(=O)N5CCCC5(C)C4CCC23C)c1. The molecule has 3 fully saturated rings. The molecule has 1 saturated carbocycles. The second-order valence-electron chi connectivity index (χ2n) is 10.2. The molecule has 1 aromatic heterocycles. The van der Waals surface area contributed by atoms with Crippen molar-refractivity contribution < 1.29 is 4.79 Å². The third-order valence-electron chi connectivity index (χ3n) is 9.00. The maximum atomic E-state index is 12.9. The van der Waals surface area contributed by atoms with E-state index in [1.54, 1.807) is 0 Å². The van der Waals surface area contributed by atoms with Gasteiger partial charge >= 0.3 is 0 Å². The van der Waals surface area contributed by atoms with Crippen molar-refractivity contribution in [2.45, 2.75) is 77.7 Å². The maximum absolute atomic E-state index is 12.9. The van der Waals surface area contributed by atoms with E-state index in [2.05, 4.69) is 49.0 Å². The van der Waals surface area contributed by atoms with E-state index in [0.717, 1.165) is 25.8 Å². The van der Waals surface area contributed by atoms with Gasteiger partial charge in [0, 0.05) is 30.9 Å². The van der Waals surface area contributed by atoms with Gasteiger partial charge in [0.25, 0.3) is 0 Å². The standard InChI is InChI=1S/C25H34N2O/c1-4-17-14-18(16-26-15-17)20-7-8-21-19-6-9-23(28)27-13-5-11-25(27,3)22(19)10-12-24(20,21)2/h7,14-16,19,21-22H,4-6,8-13H2,1-3H3. The Morgan fingerprint density at radius 2 is 2.04 bits per heavy atom. The number of nitrogens with zero attached hydrogens (tertiary/aromatic N) is 2. The minimum atomic E-state index is 0.103. The Kier molecular flexibility index (Phi) is 4.23. The van der Waals surface area contributed by atoms with Gasteiger partial charge in [-0.1, -0.05) is 19.9 Å². The van der Waals surface area contributed by atoms with Gasteiger partial charge in [0.2, 0.25) is 5.91 Å². The highest BCUT2D eigenvalue weighted by atomic mass is 16.2. The lowest BCUT2D eigenvalue weighted by molar-refractivity contribution is -0.135. The number of aryl methyl sites for hydroxylation is 1. The van der Waals surface area contributed by atoms with Crippen molar-refractivity contribution in [1.29, 1.82) is 0 Å². The van der Waals surface area contributed by atoms with Crippen molar-refractivity contribution in [2.75, 3.05) is 6.54 Å². The van der Waals surface area contributed by atoms with Crippen LogP contribution < -0.4 is 0 Å².